The average molecular weight is 250 g/mol. The quantitative estimate of drug-likeness (QED) is 0.806. The third-order valence-corrected chi connectivity index (χ3v) is 2.97. The Morgan fingerprint density at radius 1 is 1.27 bits per heavy atom. The van der Waals surface area contributed by atoms with Crippen LogP contribution in [0, 0.1) is 0 Å². The van der Waals surface area contributed by atoms with Crippen molar-refractivity contribution in [2.45, 2.75) is 18.5 Å². The van der Waals surface area contributed by atoms with Crippen molar-refractivity contribution >= 4 is 24.0 Å². The molecule has 84 valence electrons. The molecule has 1 heterocycles. The molecule has 0 radical (unpaired) electrons. The lowest BCUT2D eigenvalue weighted by molar-refractivity contribution is 0.115. The van der Waals surface area contributed by atoms with Crippen LogP contribution in [-0.4, -0.2) is 13.1 Å². The zero-order valence-electron chi connectivity index (χ0n) is 8.30. The van der Waals surface area contributed by atoms with E-state index in [9.17, 15) is 4.39 Å². The second kappa shape index (κ2) is 5.15. The Hall–Kier alpha value is -0.310. The Morgan fingerprint density at radius 3 is 2.53 bits per heavy atom. The van der Waals surface area contributed by atoms with Gasteiger partial charge in [0.25, 0.3) is 0 Å². The number of hydrogen-bond donors (Lipinski definition) is 1. The molecule has 2 rings (SSSR count). The SMILES string of the molecule is Cl.FC1(c2cccc(Cl)c2)CCNCC1. The number of halogens is 3. The maximum absolute atomic E-state index is 14.4. The Kier molecular flexibility index (Phi) is 4.38. The normalized spacial score (nSPS) is 19.3. The summed E-state index contributed by atoms with van der Waals surface area (Å²) in [6, 6.07) is 7.13. The fourth-order valence-corrected chi connectivity index (χ4v) is 2.07. The van der Waals surface area contributed by atoms with Gasteiger partial charge >= 0.3 is 0 Å². The van der Waals surface area contributed by atoms with E-state index in [2.05, 4.69) is 5.32 Å². The zero-order chi connectivity index (χ0) is 10.0. The molecule has 4 heteroatoms. The number of hydrogen-bond acceptors (Lipinski definition) is 1. The Morgan fingerprint density at radius 2 is 1.93 bits per heavy atom. The van der Waals surface area contributed by atoms with E-state index >= 15 is 0 Å². The molecule has 1 aromatic rings. The highest BCUT2D eigenvalue weighted by Crippen LogP contribution is 2.35. The minimum atomic E-state index is -1.18. The van der Waals surface area contributed by atoms with Gasteiger partial charge in [-0.3, -0.25) is 0 Å². The van der Waals surface area contributed by atoms with Crippen molar-refractivity contribution in [1.82, 2.24) is 5.32 Å². The highest BCUT2D eigenvalue weighted by molar-refractivity contribution is 6.30. The monoisotopic (exact) mass is 249 g/mol. The smallest absolute Gasteiger partial charge is 0.138 e. The number of nitrogens with one attached hydrogen (secondary N) is 1. The molecule has 1 saturated heterocycles. The van der Waals surface area contributed by atoms with E-state index in [0.717, 1.165) is 13.1 Å². The molecule has 1 N–H and O–H groups in total. The van der Waals surface area contributed by atoms with Crippen LogP contribution >= 0.6 is 24.0 Å². The standard InChI is InChI=1S/C11H13ClFN.ClH/c12-10-3-1-2-9(8-10)11(13)4-6-14-7-5-11;/h1-3,8,14H,4-7H2;1H. The molecule has 0 bridgehead atoms. The van der Waals surface area contributed by atoms with Crippen LogP contribution in [0.15, 0.2) is 24.3 Å². The van der Waals surface area contributed by atoms with Crippen molar-refractivity contribution in [2.75, 3.05) is 13.1 Å². The van der Waals surface area contributed by atoms with E-state index in [0.29, 0.717) is 23.4 Å². The summed E-state index contributed by atoms with van der Waals surface area (Å²) in [5.41, 5.74) is -0.470. The minimum Gasteiger partial charge on any atom is -0.316 e. The maximum atomic E-state index is 14.4. The molecule has 1 fully saturated rings. The summed E-state index contributed by atoms with van der Waals surface area (Å²) < 4.78 is 14.4. The van der Waals surface area contributed by atoms with Gasteiger partial charge in [0, 0.05) is 5.02 Å². The van der Waals surface area contributed by atoms with Gasteiger partial charge in [0.1, 0.15) is 5.67 Å². The minimum absolute atomic E-state index is 0. The second-order valence-electron chi connectivity index (χ2n) is 3.73. The number of piperidine rings is 1. The van der Waals surface area contributed by atoms with Gasteiger partial charge < -0.3 is 5.32 Å². The number of alkyl halides is 1. The molecular formula is C11H14Cl2FN. The molecule has 15 heavy (non-hydrogen) atoms. The molecule has 1 aliphatic heterocycles. The molecule has 0 saturated carbocycles. The van der Waals surface area contributed by atoms with Crippen LogP contribution in [0.1, 0.15) is 18.4 Å². The van der Waals surface area contributed by atoms with Crippen molar-refractivity contribution in [3.63, 3.8) is 0 Å². The molecule has 0 aromatic heterocycles. The van der Waals surface area contributed by atoms with E-state index in [1.54, 1.807) is 18.2 Å². The first-order chi connectivity index (χ1) is 6.71. The molecule has 0 atom stereocenters. The fourth-order valence-electron chi connectivity index (χ4n) is 1.88. The van der Waals surface area contributed by atoms with Crippen molar-refractivity contribution in [3.8, 4) is 0 Å². The van der Waals surface area contributed by atoms with Crippen molar-refractivity contribution in [1.29, 1.82) is 0 Å². The van der Waals surface area contributed by atoms with Crippen LogP contribution in [0.25, 0.3) is 0 Å². The molecule has 1 aromatic carbocycles. The highest BCUT2D eigenvalue weighted by Gasteiger charge is 2.33. The zero-order valence-corrected chi connectivity index (χ0v) is 9.87. The molecule has 1 nitrogen and oxygen atoms in total. The lowest BCUT2D eigenvalue weighted by atomic mass is 9.87. The first kappa shape index (κ1) is 12.8. The summed E-state index contributed by atoms with van der Waals surface area (Å²) in [5, 5.41) is 3.76. The summed E-state index contributed by atoms with van der Waals surface area (Å²) in [6.07, 6.45) is 1.07. The Labute approximate surface area is 100 Å². The molecule has 1 aliphatic rings. The summed E-state index contributed by atoms with van der Waals surface area (Å²) in [4.78, 5) is 0. The van der Waals surface area contributed by atoms with Crippen LogP contribution in [0.4, 0.5) is 4.39 Å². The van der Waals surface area contributed by atoms with E-state index < -0.39 is 5.67 Å². The summed E-state index contributed by atoms with van der Waals surface area (Å²) >= 11 is 5.84. The van der Waals surface area contributed by atoms with E-state index in [-0.39, 0.29) is 12.4 Å². The van der Waals surface area contributed by atoms with Crippen molar-refractivity contribution < 1.29 is 4.39 Å². The van der Waals surface area contributed by atoms with Crippen LogP contribution in [0.2, 0.25) is 5.02 Å². The summed E-state index contributed by atoms with van der Waals surface area (Å²) in [5.74, 6) is 0. The van der Waals surface area contributed by atoms with Crippen LogP contribution in [-0.2, 0) is 5.67 Å². The lowest BCUT2D eigenvalue weighted by Gasteiger charge is -2.30. The second-order valence-corrected chi connectivity index (χ2v) is 4.16. The summed E-state index contributed by atoms with van der Waals surface area (Å²) in [7, 11) is 0. The van der Waals surface area contributed by atoms with Gasteiger partial charge in [-0.15, -0.1) is 12.4 Å². The fraction of sp³-hybridized carbons (Fsp3) is 0.455. The van der Waals surface area contributed by atoms with E-state index in [1.807, 2.05) is 6.07 Å². The molecule has 0 amide bonds. The van der Waals surface area contributed by atoms with Crippen molar-refractivity contribution in [3.05, 3.63) is 34.9 Å². The van der Waals surface area contributed by atoms with Gasteiger partial charge in [0.15, 0.2) is 0 Å². The highest BCUT2D eigenvalue weighted by atomic mass is 35.5. The summed E-state index contributed by atoms with van der Waals surface area (Å²) in [6.45, 7) is 1.48. The van der Waals surface area contributed by atoms with Crippen LogP contribution < -0.4 is 5.32 Å². The Bertz CT molecular complexity index is 324. The topological polar surface area (TPSA) is 12.0 Å². The van der Waals surface area contributed by atoms with E-state index in [4.69, 9.17) is 11.6 Å². The predicted octanol–water partition coefficient (Wildman–Crippen LogP) is 3.31. The third-order valence-electron chi connectivity index (χ3n) is 2.74. The van der Waals surface area contributed by atoms with Gasteiger partial charge in [-0.2, -0.15) is 0 Å². The molecule has 0 spiro atoms. The van der Waals surface area contributed by atoms with Gasteiger partial charge in [0.2, 0.25) is 0 Å². The number of benzene rings is 1. The first-order valence-corrected chi connectivity index (χ1v) is 5.24. The lowest BCUT2D eigenvalue weighted by Crippen LogP contribution is -2.36. The van der Waals surface area contributed by atoms with Crippen LogP contribution in [0.5, 0.6) is 0 Å². The average Bonchev–Trinajstić information content (AvgIpc) is 2.19. The molecule has 0 aliphatic carbocycles. The number of rotatable bonds is 1. The van der Waals surface area contributed by atoms with Gasteiger partial charge in [0.05, 0.1) is 0 Å². The molecular weight excluding hydrogens is 236 g/mol. The van der Waals surface area contributed by atoms with Gasteiger partial charge in [-0.1, -0.05) is 23.7 Å². The van der Waals surface area contributed by atoms with Gasteiger partial charge in [-0.25, -0.2) is 4.39 Å². The first-order valence-electron chi connectivity index (χ1n) is 4.86. The van der Waals surface area contributed by atoms with Crippen molar-refractivity contribution in [2.24, 2.45) is 0 Å². The third kappa shape index (κ3) is 2.83. The van der Waals surface area contributed by atoms with Gasteiger partial charge in [-0.05, 0) is 43.6 Å². The van der Waals surface area contributed by atoms with E-state index in [1.165, 1.54) is 0 Å². The predicted molar refractivity (Wildman–Crippen MR) is 63.6 cm³/mol. The van der Waals surface area contributed by atoms with Crippen LogP contribution in [0.3, 0.4) is 0 Å². The largest absolute Gasteiger partial charge is 0.316 e. The Balaban J connectivity index is 0.00000112. The molecule has 0 unspecified atom stereocenters. The maximum Gasteiger partial charge on any atom is 0.138 e.